The quantitative estimate of drug-likeness (QED) is 0.850. The molecule has 4 heteroatoms. The van der Waals surface area contributed by atoms with E-state index in [1.807, 2.05) is 24.3 Å². The van der Waals surface area contributed by atoms with Crippen molar-refractivity contribution in [2.24, 2.45) is 5.73 Å². The maximum Gasteiger partial charge on any atom is 0.119 e. The number of halogens is 1. The summed E-state index contributed by atoms with van der Waals surface area (Å²) in [5.74, 6) is 0.868. The summed E-state index contributed by atoms with van der Waals surface area (Å²) >= 11 is 3.38. The van der Waals surface area contributed by atoms with Crippen LogP contribution in [-0.2, 0) is 4.74 Å². The van der Waals surface area contributed by atoms with Gasteiger partial charge in [-0.05, 0) is 43.5 Å². The van der Waals surface area contributed by atoms with Gasteiger partial charge >= 0.3 is 0 Å². The molecule has 94 valence electrons. The monoisotopic (exact) mass is 299 g/mol. The van der Waals surface area contributed by atoms with Crippen LogP contribution in [-0.4, -0.2) is 25.4 Å². The highest BCUT2D eigenvalue weighted by atomic mass is 79.9. The molecule has 0 amide bonds. The van der Waals surface area contributed by atoms with Crippen LogP contribution in [0.2, 0.25) is 0 Å². The van der Waals surface area contributed by atoms with Gasteiger partial charge in [0.25, 0.3) is 0 Å². The molecule has 0 saturated heterocycles. The van der Waals surface area contributed by atoms with Crippen LogP contribution in [0.15, 0.2) is 28.7 Å². The van der Waals surface area contributed by atoms with Crippen molar-refractivity contribution in [2.75, 3.05) is 13.2 Å². The van der Waals surface area contributed by atoms with Crippen molar-refractivity contribution in [3.63, 3.8) is 0 Å². The molecule has 1 aromatic carbocycles. The number of ether oxygens (including phenoxy) is 2. The summed E-state index contributed by atoms with van der Waals surface area (Å²) in [6, 6.07) is 8.01. The fourth-order valence-corrected chi connectivity index (χ4v) is 2.32. The fraction of sp³-hybridized carbons (Fsp3) is 0.538. The van der Waals surface area contributed by atoms with Crippen LogP contribution in [0.4, 0.5) is 0 Å². The Morgan fingerprint density at radius 2 is 1.94 bits per heavy atom. The molecule has 2 atom stereocenters. The van der Waals surface area contributed by atoms with Crippen molar-refractivity contribution in [2.45, 2.75) is 31.4 Å². The van der Waals surface area contributed by atoms with E-state index in [0.29, 0.717) is 13.2 Å². The molecule has 2 rings (SSSR count). The predicted molar refractivity (Wildman–Crippen MR) is 71.2 cm³/mol. The van der Waals surface area contributed by atoms with Crippen molar-refractivity contribution in [3.05, 3.63) is 28.7 Å². The van der Waals surface area contributed by atoms with E-state index in [1.54, 1.807) is 0 Å². The second kappa shape index (κ2) is 6.38. The third kappa shape index (κ3) is 3.98. The van der Waals surface area contributed by atoms with Gasteiger partial charge in [-0.15, -0.1) is 0 Å². The summed E-state index contributed by atoms with van der Waals surface area (Å²) in [6.45, 7) is 1.18. The van der Waals surface area contributed by atoms with Gasteiger partial charge < -0.3 is 15.2 Å². The Bertz CT molecular complexity index is 342. The number of hydrogen-bond donors (Lipinski definition) is 1. The molecule has 1 saturated carbocycles. The maximum atomic E-state index is 5.92. The van der Waals surface area contributed by atoms with Crippen LogP contribution in [0.3, 0.4) is 0 Å². The van der Waals surface area contributed by atoms with E-state index in [0.717, 1.165) is 23.1 Å². The lowest BCUT2D eigenvalue weighted by molar-refractivity contribution is 0.0296. The van der Waals surface area contributed by atoms with Crippen molar-refractivity contribution in [1.82, 2.24) is 0 Å². The molecule has 0 radical (unpaired) electrons. The largest absolute Gasteiger partial charge is 0.491 e. The van der Waals surface area contributed by atoms with Crippen LogP contribution < -0.4 is 10.5 Å². The van der Waals surface area contributed by atoms with Gasteiger partial charge in [-0.25, -0.2) is 0 Å². The van der Waals surface area contributed by atoms with Crippen LogP contribution in [0.5, 0.6) is 5.75 Å². The molecule has 0 spiro atoms. The Balaban J connectivity index is 1.64. The standard InChI is InChI=1S/C13H18BrNO2/c14-10-4-6-11(7-5-10)16-8-9-17-13-3-1-2-12(13)15/h4-7,12-13H,1-3,8-9,15H2. The van der Waals surface area contributed by atoms with Gasteiger partial charge in [-0.2, -0.15) is 0 Å². The molecular weight excluding hydrogens is 282 g/mol. The average Bonchev–Trinajstić information content (AvgIpc) is 2.73. The fourth-order valence-electron chi connectivity index (χ4n) is 2.05. The Labute approximate surface area is 110 Å². The summed E-state index contributed by atoms with van der Waals surface area (Å²) < 4.78 is 12.3. The van der Waals surface area contributed by atoms with E-state index in [-0.39, 0.29) is 12.1 Å². The van der Waals surface area contributed by atoms with Crippen molar-refractivity contribution in [1.29, 1.82) is 0 Å². The van der Waals surface area contributed by atoms with E-state index in [2.05, 4.69) is 15.9 Å². The molecule has 1 aliphatic rings. The van der Waals surface area contributed by atoms with E-state index >= 15 is 0 Å². The maximum absolute atomic E-state index is 5.92. The zero-order valence-electron chi connectivity index (χ0n) is 9.77. The van der Waals surface area contributed by atoms with Crippen molar-refractivity contribution >= 4 is 15.9 Å². The molecule has 0 bridgehead atoms. The summed E-state index contributed by atoms with van der Waals surface area (Å²) in [4.78, 5) is 0. The molecule has 0 aliphatic heterocycles. The molecule has 17 heavy (non-hydrogen) atoms. The third-order valence-electron chi connectivity index (χ3n) is 3.00. The number of nitrogens with two attached hydrogens (primary N) is 1. The Hall–Kier alpha value is -0.580. The van der Waals surface area contributed by atoms with Crippen LogP contribution in [0.1, 0.15) is 19.3 Å². The first kappa shape index (κ1) is 12.9. The summed E-state index contributed by atoms with van der Waals surface area (Å²) in [5, 5.41) is 0. The van der Waals surface area contributed by atoms with E-state index in [1.165, 1.54) is 6.42 Å². The summed E-state index contributed by atoms with van der Waals surface area (Å²) in [6.07, 6.45) is 3.57. The first-order valence-corrected chi connectivity index (χ1v) is 6.80. The minimum atomic E-state index is 0.211. The van der Waals surface area contributed by atoms with Gasteiger partial charge in [-0.3, -0.25) is 0 Å². The molecular formula is C13H18BrNO2. The number of rotatable bonds is 5. The van der Waals surface area contributed by atoms with Gasteiger partial charge in [0.15, 0.2) is 0 Å². The Kier molecular flexibility index (Phi) is 4.83. The minimum Gasteiger partial charge on any atom is -0.491 e. The second-order valence-corrected chi connectivity index (χ2v) is 5.22. The zero-order chi connectivity index (χ0) is 12.1. The van der Waals surface area contributed by atoms with Gasteiger partial charge in [0.05, 0.1) is 12.7 Å². The van der Waals surface area contributed by atoms with Crippen LogP contribution in [0.25, 0.3) is 0 Å². The lowest BCUT2D eigenvalue weighted by Gasteiger charge is -2.16. The van der Waals surface area contributed by atoms with Gasteiger partial charge in [0.2, 0.25) is 0 Å². The Morgan fingerprint density at radius 1 is 1.18 bits per heavy atom. The number of hydrogen-bond acceptors (Lipinski definition) is 3. The zero-order valence-corrected chi connectivity index (χ0v) is 11.4. The van der Waals surface area contributed by atoms with Gasteiger partial charge in [0.1, 0.15) is 12.4 Å². The second-order valence-electron chi connectivity index (χ2n) is 4.31. The molecule has 1 aliphatic carbocycles. The van der Waals surface area contributed by atoms with E-state index in [9.17, 15) is 0 Å². The normalized spacial score (nSPS) is 23.9. The number of benzene rings is 1. The molecule has 1 fully saturated rings. The highest BCUT2D eigenvalue weighted by Crippen LogP contribution is 2.20. The minimum absolute atomic E-state index is 0.211. The van der Waals surface area contributed by atoms with Crippen molar-refractivity contribution in [3.8, 4) is 5.75 Å². The summed E-state index contributed by atoms with van der Waals surface area (Å²) in [5.41, 5.74) is 5.92. The first-order valence-electron chi connectivity index (χ1n) is 6.01. The average molecular weight is 300 g/mol. The predicted octanol–water partition coefficient (Wildman–Crippen LogP) is 2.72. The summed E-state index contributed by atoms with van der Waals surface area (Å²) in [7, 11) is 0. The first-order chi connectivity index (χ1) is 8.25. The van der Waals surface area contributed by atoms with Gasteiger partial charge in [-0.1, -0.05) is 15.9 Å². The molecule has 0 heterocycles. The lowest BCUT2D eigenvalue weighted by Crippen LogP contribution is -2.32. The van der Waals surface area contributed by atoms with E-state index < -0.39 is 0 Å². The SMILES string of the molecule is NC1CCCC1OCCOc1ccc(Br)cc1. The molecule has 2 unspecified atom stereocenters. The molecule has 1 aromatic rings. The van der Waals surface area contributed by atoms with E-state index in [4.69, 9.17) is 15.2 Å². The van der Waals surface area contributed by atoms with Crippen LogP contribution >= 0.6 is 15.9 Å². The smallest absolute Gasteiger partial charge is 0.119 e. The third-order valence-corrected chi connectivity index (χ3v) is 3.53. The van der Waals surface area contributed by atoms with Gasteiger partial charge in [0, 0.05) is 10.5 Å². The molecule has 3 nitrogen and oxygen atoms in total. The molecule has 0 aromatic heterocycles. The lowest BCUT2D eigenvalue weighted by atomic mass is 10.2. The highest BCUT2D eigenvalue weighted by Gasteiger charge is 2.24. The Morgan fingerprint density at radius 3 is 2.59 bits per heavy atom. The van der Waals surface area contributed by atoms with Crippen LogP contribution in [0, 0.1) is 0 Å². The highest BCUT2D eigenvalue weighted by molar-refractivity contribution is 9.10. The van der Waals surface area contributed by atoms with Crippen molar-refractivity contribution < 1.29 is 9.47 Å². The topological polar surface area (TPSA) is 44.5 Å². The molecule has 2 N–H and O–H groups in total.